The number of carbonyl (C=O) groups is 2. The van der Waals surface area contributed by atoms with Gasteiger partial charge in [0.15, 0.2) is 0 Å². The van der Waals surface area contributed by atoms with Crippen LogP contribution in [-0.4, -0.2) is 30.0 Å². The van der Waals surface area contributed by atoms with E-state index in [-0.39, 0.29) is 23.5 Å². The number of amides is 1. The summed E-state index contributed by atoms with van der Waals surface area (Å²) in [5.41, 5.74) is 0.0606. The van der Waals surface area contributed by atoms with Gasteiger partial charge in [0.05, 0.1) is 12.1 Å². The summed E-state index contributed by atoms with van der Waals surface area (Å²) < 4.78 is 48.2. The summed E-state index contributed by atoms with van der Waals surface area (Å²) in [5.74, 6) is -0.674. The molecule has 6 nitrogen and oxygen atoms in total. The van der Waals surface area contributed by atoms with E-state index in [0.29, 0.717) is 41.0 Å². The molecule has 2 N–H and O–H groups in total. The molecular formula is C25H24F3N3O3. The second-order valence-corrected chi connectivity index (χ2v) is 9.24. The lowest BCUT2D eigenvalue weighted by Gasteiger charge is -2.29. The van der Waals surface area contributed by atoms with Gasteiger partial charge in [0.1, 0.15) is 29.0 Å². The van der Waals surface area contributed by atoms with E-state index in [9.17, 15) is 28.0 Å². The van der Waals surface area contributed by atoms with Crippen LogP contribution in [0.15, 0.2) is 40.8 Å². The first kappa shape index (κ1) is 23.8. The van der Waals surface area contributed by atoms with Crippen LogP contribution in [0.25, 0.3) is 21.9 Å². The normalized spacial score (nSPS) is 16.9. The molecule has 0 bridgehead atoms. The number of carbonyl (C=O) groups excluding carboxylic acids is 2. The lowest BCUT2D eigenvalue weighted by molar-refractivity contribution is -0.161. The van der Waals surface area contributed by atoms with Crippen LogP contribution in [0.2, 0.25) is 0 Å². The highest BCUT2D eigenvalue weighted by molar-refractivity contribution is 6.06. The molecule has 0 spiro atoms. The Morgan fingerprint density at radius 2 is 1.91 bits per heavy atom. The fourth-order valence-electron chi connectivity index (χ4n) is 4.08. The Hall–Kier alpha value is -3.38. The second kappa shape index (κ2) is 8.76. The monoisotopic (exact) mass is 471 g/mol. The van der Waals surface area contributed by atoms with Crippen molar-refractivity contribution in [1.29, 1.82) is 5.26 Å². The Bertz CT molecular complexity index is 1290. The van der Waals surface area contributed by atoms with Gasteiger partial charge in [-0.2, -0.15) is 18.4 Å². The molecule has 9 heteroatoms. The van der Waals surface area contributed by atoms with E-state index in [1.54, 1.807) is 18.2 Å². The first-order valence-electron chi connectivity index (χ1n) is 11.0. The van der Waals surface area contributed by atoms with E-state index in [0.717, 1.165) is 0 Å². The van der Waals surface area contributed by atoms with Crippen LogP contribution in [-0.2, 0) is 4.79 Å². The van der Waals surface area contributed by atoms with Crippen LogP contribution in [0.1, 0.15) is 55.1 Å². The van der Waals surface area contributed by atoms with E-state index in [2.05, 4.69) is 10.6 Å². The van der Waals surface area contributed by atoms with Crippen molar-refractivity contribution in [2.75, 3.05) is 0 Å². The molecule has 0 unspecified atom stereocenters. The van der Waals surface area contributed by atoms with Crippen molar-refractivity contribution in [3.63, 3.8) is 0 Å². The third kappa shape index (κ3) is 4.77. The lowest BCUT2D eigenvalue weighted by atomic mass is 9.98. The Balaban J connectivity index is 1.68. The number of rotatable bonds is 8. The van der Waals surface area contributed by atoms with Crippen molar-refractivity contribution in [2.24, 2.45) is 5.92 Å². The second-order valence-electron chi connectivity index (χ2n) is 9.24. The van der Waals surface area contributed by atoms with Crippen molar-refractivity contribution in [1.82, 2.24) is 10.6 Å². The molecule has 1 fully saturated rings. The summed E-state index contributed by atoms with van der Waals surface area (Å²) in [4.78, 5) is 23.9. The lowest BCUT2D eigenvalue weighted by Crippen LogP contribution is -2.52. The fraction of sp³-hybridized carbons (Fsp3) is 0.400. The molecule has 4 rings (SSSR count). The van der Waals surface area contributed by atoms with Gasteiger partial charge in [-0.25, -0.2) is 0 Å². The standard InChI is InChI=1S/C25H24F3N3O3/c1-14(2)9-19(23(33)31-24(13-29)7-8-24)30-22(25(26,27)28)16-4-5-17-18-10-15(12-32)3-6-20(18)34-21(17)11-16/h3-6,10-12,14,19,22,30H,7-9H2,1-2H3,(H,31,33)/t19-,22-/m0/s1. The first-order valence-corrected chi connectivity index (χ1v) is 11.0. The number of hydrogen-bond acceptors (Lipinski definition) is 5. The maximum atomic E-state index is 14.2. The van der Waals surface area contributed by atoms with Crippen molar-refractivity contribution in [3.05, 3.63) is 47.5 Å². The number of nitrogens with one attached hydrogen (secondary N) is 2. The minimum absolute atomic E-state index is 0.0563. The minimum atomic E-state index is -4.69. The molecule has 1 aliphatic rings. The summed E-state index contributed by atoms with van der Waals surface area (Å²) in [6.07, 6.45) is -2.86. The zero-order valence-corrected chi connectivity index (χ0v) is 18.7. The molecule has 1 amide bonds. The van der Waals surface area contributed by atoms with E-state index < -0.39 is 29.7 Å². The van der Waals surface area contributed by atoms with Crippen LogP contribution in [0, 0.1) is 17.2 Å². The average Bonchev–Trinajstić information content (AvgIpc) is 3.46. The first-order chi connectivity index (χ1) is 16.0. The van der Waals surface area contributed by atoms with Crippen LogP contribution >= 0.6 is 0 Å². The van der Waals surface area contributed by atoms with E-state index in [4.69, 9.17) is 4.42 Å². The van der Waals surface area contributed by atoms with Gasteiger partial charge in [0.25, 0.3) is 0 Å². The Morgan fingerprint density at radius 3 is 2.50 bits per heavy atom. The zero-order chi connectivity index (χ0) is 24.7. The van der Waals surface area contributed by atoms with Crippen molar-refractivity contribution in [2.45, 2.75) is 56.9 Å². The smallest absolute Gasteiger partial charge is 0.407 e. The number of fused-ring (bicyclic) bond motifs is 3. The quantitative estimate of drug-likeness (QED) is 0.442. The number of halogens is 3. The number of aldehydes is 1. The number of alkyl halides is 3. The molecule has 0 radical (unpaired) electrons. The molecule has 34 heavy (non-hydrogen) atoms. The molecule has 0 saturated heterocycles. The van der Waals surface area contributed by atoms with Gasteiger partial charge in [-0.3, -0.25) is 14.9 Å². The van der Waals surface area contributed by atoms with E-state index >= 15 is 0 Å². The van der Waals surface area contributed by atoms with Crippen LogP contribution in [0.4, 0.5) is 13.2 Å². The maximum absolute atomic E-state index is 14.2. The number of benzene rings is 2. The van der Waals surface area contributed by atoms with Crippen LogP contribution < -0.4 is 10.6 Å². The Kier molecular flexibility index (Phi) is 6.13. The van der Waals surface area contributed by atoms with Crippen LogP contribution in [0.5, 0.6) is 0 Å². The largest absolute Gasteiger partial charge is 0.456 e. The zero-order valence-electron chi connectivity index (χ0n) is 18.7. The van der Waals surface area contributed by atoms with Gasteiger partial charge in [-0.15, -0.1) is 0 Å². The summed E-state index contributed by atoms with van der Waals surface area (Å²) >= 11 is 0. The van der Waals surface area contributed by atoms with Gasteiger partial charge in [0, 0.05) is 16.3 Å². The SMILES string of the molecule is CC(C)C[C@H](N[C@@H](c1ccc2c(c1)oc1ccc(C=O)cc12)C(F)(F)F)C(=O)NC1(C#N)CC1. The molecule has 0 aliphatic heterocycles. The topological polar surface area (TPSA) is 95.1 Å². The molecule has 178 valence electrons. The molecule has 1 aliphatic carbocycles. The third-order valence-corrected chi connectivity index (χ3v) is 6.03. The highest BCUT2D eigenvalue weighted by Gasteiger charge is 2.47. The average molecular weight is 471 g/mol. The summed E-state index contributed by atoms with van der Waals surface area (Å²) in [7, 11) is 0. The van der Waals surface area contributed by atoms with Crippen LogP contribution in [0.3, 0.4) is 0 Å². The number of furan rings is 1. The molecule has 1 saturated carbocycles. The fourth-order valence-corrected chi connectivity index (χ4v) is 4.08. The van der Waals surface area contributed by atoms with Crippen molar-refractivity contribution in [3.8, 4) is 6.07 Å². The Labute approximate surface area is 194 Å². The molecule has 3 aromatic rings. The highest BCUT2D eigenvalue weighted by Crippen LogP contribution is 2.38. The molecule has 2 aromatic carbocycles. The van der Waals surface area contributed by atoms with E-state index in [1.807, 2.05) is 19.9 Å². The summed E-state index contributed by atoms with van der Waals surface area (Å²) in [5, 5.41) is 15.6. The number of nitriles is 1. The molecule has 1 heterocycles. The molecule has 1 aromatic heterocycles. The van der Waals surface area contributed by atoms with E-state index in [1.165, 1.54) is 18.2 Å². The number of nitrogens with zero attached hydrogens (tertiary/aromatic N) is 1. The third-order valence-electron chi connectivity index (χ3n) is 6.03. The van der Waals surface area contributed by atoms with Gasteiger partial charge in [-0.05, 0) is 55.0 Å². The Morgan fingerprint density at radius 1 is 1.18 bits per heavy atom. The van der Waals surface area contributed by atoms with Gasteiger partial charge in [0.2, 0.25) is 5.91 Å². The van der Waals surface area contributed by atoms with Gasteiger partial charge in [-0.1, -0.05) is 26.0 Å². The highest BCUT2D eigenvalue weighted by atomic mass is 19.4. The van der Waals surface area contributed by atoms with Gasteiger partial charge < -0.3 is 9.73 Å². The van der Waals surface area contributed by atoms with Gasteiger partial charge >= 0.3 is 6.18 Å². The molecule has 2 atom stereocenters. The predicted octanol–water partition coefficient (Wildman–Crippen LogP) is 5.18. The number of hydrogen-bond donors (Lipinski definition) is 2. The van der Waals surface area contributed by atoms with Crippen molar-refractivity contribution < 1.29 is 27.2 Å². The predicted molar refractivity (Wildman–Crippen MR) is 120 cm³/mol. The summed E-state index contributed by atoms with van der Waals surface area (Å²) in [6.45, 7) is 3.63. The van der Waals surface area contributed by atoms with Crippen molar-refractivity contribution >= 4 is 34.1 Å². The summed E-state index contributed by atoms with van der Waals surface area (Å²) in [6, 6.07) is 7.75. The maximum Gasteiger partial charge on any atom is 0.407 e. The minimum Gasteiger partial charge on any atom is -0.456 e. The molecular weight excluding hydrogens is 447 g/mol.